The molecule has 1 aromatic heterocycles. The molecule has 0 aliphatic carbocycles. The van der Waals surface area contributed by atoms with Crippen molar-refractivity contribution in [2.45, 2.75) is 39.3 Å². The fraction of sp³-hybridized carbons (Fsp3) is 0.545. The third-order valence-corrected chi connectivity index (χ3v) is 5.57. The van der Waals surface area contributed by atoms with Gasteiger partial charge in [0.2, 0.25) is 0 Å². The van der Waals surface area contributed by atoms with Gasteiger partial charge in [0.1, 0.15) is 0 Å². The average Bonchev–Trinajstić information content (AvgIpc) is 3.28. The average molecular weight is 563 g/mol. The Kier molecular flexibility index (Phi) is 10.5. The van der Waals surface area contributed by atoms with Gasteiger partial charge in [-0.05, 0) is 43.4 Å². The van der Waals surface area contributed by atoms with Gasteiger partial charge in [-0.3, -0.25) is 4.99 Å². The second kappa shape index (κ2) is 12.8. The number of imidazole rings is 1. The van der Waals surface area contributed by atoms with E-state index in [2.05, 4.69) is 31.4 Å². The first kappa shape index (κ1) is 26.1. The third-order valence-electron chi connectivity index (χ3n) is 5.57. The van der Waals surface area contributed by atoms with Gasteiger partial charge in [-0.2, -0.15) is 8.78 Å². The van der Waals surface area contributed by atoms with Crippen molar-refractivity contribution < 1.29 is 18.3 Å². The Bertz CT molecular complexity index is 851. The molecule has 178 valence electrons. The summed E-state index contributed by atoms with van der Waals surface area (Å²) in [6.45, 7) is 4.53. The van der Waals surface area contributed by atoms with Crippen molar-refractivity contribution in [2.75, 3.05) is 33.3 Å². The van der Waals surface area contributed by atoms with Gasteiger partial charge < -0.3 is 24.3 Å². The van der Waals surface area contributed by atoms with Gasteiger partial charge >= 0.3 is 6.61 Å². The van der Waals surface area contributed by atoms with Crippen LogP contribution in [0.25, 0.3) is 0 Å². The minimum absolute atomic E-state index is 0. The lowest BCUT2D eigenvalue weighted by molar-refractivity contribution is -0.0512. The smallest absolute Gasteiger partial charge is 0.387 e. The summed E-state index contributed by atoms with van der Waals surface area (Å²) in [5.74, 6) is 1.76. The van der Waals surface area contributed by atoms with E-state index in [0.29, 0.717) is 24.9 Å². The Balaban J connectivity index is 0.00000363. The van der Waals surface area contributed by atoms with Crippen LogP contribution in [0.5, 0.6) is 11.5 Å². The van der Waals surface area contributed by atoms with Gasteiger partial charge in [-0.1, -0.05) is 13.0 Å². The van der Waals surface area contributed by atoms with Crippen molar-refractivity contribution in [3.05, 3.63) is 42.5 Å². The Morgan fingerprint density at radius 3 is 2.81 bits per heavy atom. The number of benzene rings is 1. The van der Waals surface area contributed by atoms with Crippen molar-refractivity contribution in [3.63, 3.8) is 0 Å². The fourth-order valence-electron chi connectivity index (χ4n) is 3.88. The molecular formula is C22H32F2IN5O2. The maximum atomic E-state index is 12.7. The number of alkyl halides is 2. The van der Waals surface area contributed by atoms with Crippen LogP contribution in [0.15, 0.2) is 41.9 Å². The zero-order chi connectivity index (χ0) is 22.2. The number of hydrogen-bond acceptors (Lipinski definition) is 4. The summed E-state index contributed by atoms with van der Waals surface area (Å²) in [6, 6.07) is 5.42. The van der Waals surface area contributed by atoms with E-state index in [1.165, 1.54) is 7.11 Å². The fourth-order valence-corrected chi connectivity index (χ4v) is 3.88. The maximum absolute atomic E-state index is 12.7. The zero-order valence-corrected chi connectivity index (χ0v) is 21.0. The molecule has 1 aliphatic rings. The number of likely N-dealkylation sites (tertiary alicyclic amines) is 1. The molecule has 2 aromatic rings. The second-order valence-electron chi connectivity index (χ2n) is 7.64. The van der Waals surface area contributed by atoms with Crippen LogP contribution in [0.3, 0.4) is 0 Å². The molecule has 3 rings (SSSR count). The number of hydrogen-bond donors (Lipinski definition) is 1. The molecule has 2 heterocycles. The van der Waals surface area contributed by atoms with Crippen molar-refractivity contribution in [2.24, 2.45) is 10.9 Å². The van der Waals surface area contributed by atoms with Gasteiger partial charge in [0.15, 0.2) is 17.5 Å². The van der Waals surface area contributed by atoms with Gasteiger partial charge in [-0.15, -0.1) is 24.0 Å². The minimum Gasteiger partial charge on any atom is -0.493 e. The summed E-state index contributed by atoms with van der Waals surface area (Å²) in [7, 11) is 1.43. The highest BCUT2D eigenvalue weighted by Gasteiger charge is 2.28. The van der Waals surface area contributed by atoms with E-state index < -0.39 is 6.61 Å². The van der Waals surface area contributed by atoms with E-state index in [4.69, 9.17) is 9.73 Å². The number of methoxy groups -OCH3 is 1. The normalized spacial score (nSPS) is 18.9. The van der Waals surface area contributed by atoms with E-state index in [1.54, 1.807) is 12.1 Å². The summed E-state index contributed by atoms with van der Waals surface area (Å²) in [6.07, 6.45) is 7.37. The molecule has 1 N–H and O–H groups in total. The Morgan fingerprint density at radius 1 is 1.34 bits per heavy atom. The summed E-state index contributed by atoms with van der Waals surface area (Å²) >= 11 is 0. The molecule has 0 saturated carbocycles. The Labute approximate surface area is 205 Å². The number of aliphatic imine (C=N–C) groups is 1. The van der Waals surface area contributed by atoms with E-state index in [1.807, 2.05) is 31.7 Å². The number of ether oxygens (including phenoxy) is 2. The quantitative estimate of drug-likeness (QED) is 0.297. The molecule has 0 bridgehead atoms. The lowest BCUT2D eigenvalue weighted by Crippen LogP contribution is -2.49. The van der Waals surface area contributed by atoms with Crippen molar-refractivity contribution >= 4 is 29.9 Å². The van der Waals surface area contributed by atoms with E-state index in [0.717, 1.165) is 37.6 Å². The van der Waals surface area contributed by atoms with Gasteiger partial charge in [0, 0.05) is 38.6 Å². The van der Waals surface area contributed by atoms with E-state index >= 15 is 0 Å². The standard InChI is InChI=1S/C22H31F2N5O2.HI/c1-4-26-22(28-11-8-16(2)18(14-28)29-12-10-25-15-29)27-9-7-17-5-6-19(30-3)20(13-17)31-21(23)24;/h5-6,10,12-13,15-16,18,21H,4,7-9,11,14H2,1-3H3,(H,26,27);1H. The first-order valence-electron chi connectivity index (χ1n) is 10.6. The number of rotatable bonds is 8. The summed E-state index contributed by atoms with van der Waals surface area (Å²) in [4.78, 5) is 11.3. The molecule has 1 aliphatic heterocycles. The SMILES string of the molecule is CCNC(=NCCc1ccc(OC)c(OC(F)F)c1)N1CCC(C)C(n2ccnc2)C1.I. The van der Waals surface area contributed by atoms with Gasteiger partial charge in [0.25, 0.3) is 0 Å². The number of nitrogens with zero attached hydrogens (tertiary/aromatic N) is 4. The van der Waals surface area contributed by atoms with Crippen LogP contribution < -0.4 is 14.8 Å². The van der Waals surface area contributed by atoms with Crippen LogP contribution in [-0.2, 0) is 6.42 Å². The lowest BCUT2D eigenvalue weighted by atomic mass is 9.93. The summed E-state index contributed by atoms with van der Waals surface area (Å²) in [5, 5.41) is 3.38. The molecule has 0 spiro atoms. The molecule has 2 unspecified atom stereocenters. The van der Waals surface area contributed by atoms with Gasteiger partial charge in [-0.25, -0.2) is 4.98 Å². The third kappa shape index (κ3) is 6.94. The molecule has 1 fully saturated rings. The first-order valence-corrected chi connectivity index (χ1v) is 10.6. The first-order chi connectivity index (χ1) is 15.0. The van der Waals surface area contributed by atoms with Crippen molar-refractivity contribution in [1.29, 1.82) is 0 Å². The van der Waals surface area contributed by atoms with Crippen LogP contribution in [0.2, 0.25) is 0 Å². The summed E-state index contributed by atoms with van der Waals surface area (Å²) < 4.78 is 37.2. The van der Waals surface area contributed by atoms with Crippen LogP contribution in [0, 0.1) is 5.92 Å². The monoisotopic (exact) mass is 563 g/mol. The Hall–Kier alpha value is -2.11. The summed E-state index contributed by atoms with van der Waals surface area (Å²) in [5.41, 5.74) is 0.861. The molecule has 32 heavy (non-hydrogen) atoms. The molecule has 0 radical (unpaired) electrons. The molecule has 0 amide bonds. The second-order valence-corrected chi connectivity index (χ2v) is 7.64. The lowest BCUT2D eigenvalue weighted by Gasteiger charge is -2.39. The molecule has 1 saturated heterocycles. The van der Waals surface area contributed by atoms with Crippen LogP contribution >= 0.6 is 24.0 Å². The van der Waals surface area contributed by atoms with Crippen LogP contribution in [0.4, 0.5) is 8.78 Å². The van der Waals surface area contributed by atoms with Crippen molar-refractivity contribution in [1.82, 2.24) is 19.8 Å². The number of aromatic nitrogens is 2. The van der Waals surface area contributed by atoms with E-state index in [-0.39, 0.29) is 35.5 Å². The number of piperidine rings is 1. The minimum atomic E-state index is -2.90. The highest BCUT2D eigenvalue weighted by Crippen LogP contribution is 2.30. The van der Waals surface area contributed by atoms with Gasteiger partial charge in [0.05, 0.1) is 19.5 Å². The molecule has 7 nitrogen and oxygen atoms in total. The van der Waals surface area contributed by atoms with Crippen LogP contribution in [-0.4, -0.2) is 60.3 Å². The number of nitrogens with one attached hydrogen (secondary N) is 1. The number of halogens is 3. The molecule has 1 aromatic carbocycles. The predicted molar refractivity (Wildman–Crippen MR) is 131 cm³/mol. The molecular weight excluding hydrogens is 531 g/mol. The molecule has 2 atom stereocenters. The predicted octanol–water partition coefficient (Wildman–Crippen LogP) is 4.20. The Morgan fingerprint density at radius 2 is 2.16 bits per heavy atom. The van der Waals surface area contributed by atoms with E-state index in [9.17, 15) is 8.78 Å². The maximum Gasteiger partial charge on any atom is 0.387 e. The highest BCUT2D eigenvalue weighted by molar-refractivity contribution is 14.0. The zero-order valence-electron chi connectivity index (χ0n) is 18.7. The molecule has 10 heteroatoms. The largest absolute Gasteiger partial charge is 0.493 e. The van der Waals surface area contributed by atoms with Crippen LogP contribution in [0.1, 0.15) is 31.9 Å². The van der Waals surface area contributed by atoms with Crippen molar-refractivity contribution in [3.8, 4) is 11.5 Å². The highest BCUT2D eigenvalue weighted by atomic mass is 127. The number of guanidine groups is 1. The topological polar surface area (TPSA) is 63.9 Å².